The van der Waals surface area contributed by atoms with Crippen molar-refractivity contribution < 1.29 is 0 Å². The number of halogens is 1. The van der Waals surface area contributed by atoms with E-state index in [1.165, 1.54) is 6.20 Å². The van der Waals surface area contributed by atoms with Gasteiger partial charge in [0, 0.05) is 42.8 Å². The number of nitrogens with one attached hydrogen (secondary N) is 2. The Bertz CT molecular complexity index is 1430. The molecule has 166 valence electrons. The molecule has 1 atom stereocenters. The zero-order valence-corrected chi connectivity index (χ0v) is 19.2. The minimum atomic E-state index is -0.587. The fourth-order valence-electron chi connectivity index (χ4n) is 3.71. The highest BCUT2D eigenvalue weighted by atomic mass is 35.5. The van der Waals surface area contributed by atoms with E-state index in [1.54, 1.807) is 42.2 Å². The van der Waals surface area contributed by atoms with E-state index in [9.17, 15) is 10.1 Å². The molecule has 0 saturated heterocycles. The Morgan fingerprint density at radius 2 is 1.85 bits per heavy atom. The van der Waals surface area contributed by atoms with Crippen molar-refractivity contribution >= 4 is 39.6 Å². The predicted molar refractivity (Wildman–Crippen MR) is 130 cm³/mol. The summed E-state index contributed by atoms with van der Waals surface area (Å²) in [4.78, 5) is 25.7. The quantitative estimate of drug-likeness (QED) is 0.401. The minimum absolute atomic E-state index is 0.112. The standard InChI is InChI=1S/C24H22ClN7O/c1-4-24(2,23-28-10-6-11-29-23)31-19-13-20(33)32(3)21-15(19)7-5-8-18(21)30-17-9-12-27-22(25)16(17)14-26/h5-13,31H,4H2,1-3H3,(H,27,30). The third-order valence-electron chi connectivity index (χ3n) is 5.72. The molecule has 0 aliphatic carbocycles. The van der Waals surface area contributed by atoms with Gasteiger partial charge in [0.1, 0.15) is 16.8 Å². The van der Waals surface area contributed by atoms with Crippen LogP contribution in [-0.4, -0.2) is 19.5 Å². The second kappa shape index (κ2) is 8.88. The number of pyridine rings is 2. The number of para-hydroxylation sites is 1. The molecule has 3 aromatic heterocycles. The van der Waals surface area contributed by atoms with Crippen LogP contribution in [0.4, 0.5) is 17.1 Å². The summed E-state index contributed by atoms with van der Waals surface area (Å²) in [6.07, 6.45) is 5.63. The van der Waals surface area contributed by atoms with Gasteiger partial charge < -0.3 is 15.2 Å². The summed E-state index contributed by atoms with van der Waals surface area (Å²) in [5, 5.41) is 17.2. The lowest BCUT2D eigenvalue weighted by molar-refractivity contribution is 0.489. The molecule has 0 saturated carbocycles. The molecule has 1 unspecified atom stereocenters. The maximum atomic E-state index is 12.9. The fraction of sp³-hybridized carbons (Fsp3) is 0.208. The van der Waals surface area contributed by atoms with Gasteiger partial charge in [-0.1, -0.05) is 30.7 Å². The van der Waals surface area contributed by atoms with Gasteiger partial charge in [-0.05, 0) is 31.5 Å². The molecule has 0 aliphatic heterocycles. The highest BCUT2D eigenvalue weighted by Gasteiger charge is 2.28. The first-order chi connectivity index (χ1) is 15.9. The number of benzene rings is 1. The van der Waals surface area contributed by atoms with Crippen LogP contribution in [0.1, 0.15) is 31.7 Å². The van der Waals surface area contributed by atoms with Crippen LogP contribution in [0.25, 0.3) is 10.9 Å². The molecule has 0 aliphatic rings. The highest BCUT2D eigenvalue weighted by molar-refractivity contribution is 6.31. The molecule has 1 aromatic carbocycles. The van der Waals surface area contributed by atoms with Crippen molar-refractivity contribution in [2.45, 2.75) is 25.8 Å². The van der Waals surface area contributed by atoms with E-state index in [-0.39, 0.29) is 16.3 Å². The number of nitriles is 1. The first kappa shape index (κ1) is 22.2. The molecule has 3 heterocycles. The molecular formula is C24H22ClN7O. The van der Waals surface area contributed by atoms with Crippen LogP contribution in [0.5, 0.6) is 0 Å². The van der Waals surface area contributed by atoms with E-state index >= 15 is 0 Å². The smallest absolute Gasteiger partial charge is 0.252 e. The van der Waals surface area contributed by atoms with Gasteiger partial charge in [0.25, 0.3) is 5.56 Å². The largest absolute Gasteiger partial charge is 0.372 e. The molecule has 0 fully saturated rings. The summed E-state index contributed by atoms with van der Waals surface area (Å²) in [5.74, 6) is 0.640. The highest BCUT2D eigenvalue weighted by Crippen LogP contribution is 2.34. The minimum Gasteiger partial charge on any atom is -0.372 e. The number of fused-ring (bicyclic) bond motifs is 1. The van der Waals surface area contributed by atoms with Crippen LogP contribution in [0.3, 0.4) is 0 Å². The maximum Gasteiger partial charge on any atom is 0.252 e. The molecule has 0 bridgehead atoms. The van der Waals surface area contributed by atoms with Gasteiger partial charge in [-0.15, -0.1) is 0 Å². The van der Waals surface area contributed by atoms with Gasteiger partial charge in [0.15, 0.2) is 5.82 Å². The molecule has 9 heteroatoms. The first-order valence-corrected chi connectivity index (χ1v) is 10.8. The van der Waals surface area contributed by atoms with Crippen molar-refractivity contribution in [1.29, 1.82) is 5.26 Å². The second-order valence-corrected chi connectivity index (χ2v) is 8.16. The molecule has 4 rings (SSSR count). The number of aryl methyl sites for hydroxylation is 1. The van der Waals surface area contributed by atoms with E-state index < -0.39 is 5.54 Å². The van der Waals surface area contributed by atoms with Crippen LogP contribution >= 0.6 is 11.6 Å². The number of rotatable bonds is 6. The zero-order valence-electron chi connectivity index (χ0n) is 18.4. The number of aromatic nitrogens is 4. The van der Waals surface area contributed by atoms with Gasteiger partial charge in [-0.25, -0.2) is 15.0 Å². The average Bonchev–Trinajstić information content (AvgIpc) is 2.83. The number of anilines is 3. The Morgan fingerprint density at radius 3 is 2.55 bits per heavy atom. The summed E-state index contributed by atoms with van der Waals surface area (Å²) in [6.45, 7) is 4.04. The normalized spacial score (nSPS) is 12.7. The van der Waals surface area contributed by atoms with E-state index in [4.69, 9.17) is 11.6 Å². The molecule has 2 N–H and O–H groups in total. The van der Waals surface area contributed by atoms with Crippen LogP contribution < -0.4 is 16.2 Å². The van der Waals surface area contributed by atoms with Crippen molar-refractivity contribution in [3.05, 3.63) is 81.9 Å². The third kappa shape index (κ3) is 4.11. The van der Waals surface area contributed by atoms with Crippen molar-refractivity contribution in [2.24, 2.45) is 7.05 Å². The topological polar surface area (TPSA) is 109 Å². The molecule has 0 spiro atoms. The van der Waals surface area contributed by atoms with E-state index in [0.717, 1.165) is 5.39 Å². The average molecular weight is 460 g/mol. The summed E-state index contributed by atoms with van der Waals surface area (Å²) in [5.41, 5.74) is 1.97. The molecular weight excluding hydrogens is 438 g/mol. The molecule has 0 amide bonds. The fourth-order valence-corrected chi connectivity index (χ4v) is 3.91. The lowest BCUT2D eigenvalue weighted by Gasteiger charge is -2.30. The second-order valence-electron chi connectivity index (χ2n) is 7.80. The van der Waals surface area contributed by atoms with Crippen molar-refractivity contribution in [2.75, 3.05) is 10.6 Å². The van der Waals surface area contributed by atoms with Gasteiger partial charge in [0.2, 0.25) is 0 Å². The lowest BCUT2D eigenvalue weighted by atomic mass is 9.96. The van der Waals surface area contributed by atoms with Crippen LogP contribution in [0, 0.1) is 11.3 Å². The van der Waals surface area contributed by atoms with Crippen molar-refractivity contribution in [1.82, 2.24) is 19.5 Å². The van der Waals surface area contributed by atoms with Crippen LogP contribution in [-0.2, 0) is 12.6 Å². The Balaban J connectivity index is 1.87. The van der Waals surface area contributed by atoms with Gasteiger partial charge >= 0.3 is 0 Å². The maximum absolute atomic E-state index is 12.9. The van der Waals surface area contributed by atoms with Gasteiger partial charge in [0.05, 0.1) is 22.4 Å². The van der Waals surface area contributed by atoms with Crippen molar-refractivity contribution in [3.8, 4) is 6.07 Å². The van der Waals surface area contributed by atoms with Crippen molar-refractivity contribution in [3.63, 3.8) is 0 Å². The van der Waals surface area contributed by atoms with E-state index in [2.05, 4.69) is 31.7 Å². The number of hydrogen-bond acceptors (Lipinski definition) is 7. The van der Waals surface area contributed by atoms with Gasteiger partial charge in [-0.2, -0.15) is 5.26 Å². The summed E-state index contributed by atoms with van der Waals surface area (Å²) < 4.78 is 1.57. The Morgan fingerprint density at radius 1 is 1.09 bits per heavy atom. The number of hydrogen-bond donors (Lipinski definition) is 2. The Hall–Kier alpha value is -3.96. The predicted octanol–water partition coefficient (Wildman–Crippen LogP) is 4.73. The SMILES string of the molecule is CCC(C)(Nc1cc(=O)n(C)c2c(Nc3ccnc(Cl)c3C#N)cccc12)c1ncccn1. The van der Waals surface area contributed by atoms with Crippen LogP contribution in [0.2, 0.25) is 5.15 Å². The molecule has 4 aromatic rings. The lowest BCUT2D eigenvalue weighted by Crippen LogP contribution is -2.34. The third-order valence-corrected chi connectivity index (χ3v) is 6.01. The molecule has 8 nitrogen and oxygen atoms in total. The summed E-state index contributed by atoms with van der Waals surface area (Å²) in [7, 11) is 1.71. The van der Waals surface area contributed by atoms with E-state index in [1.807, 2.05) is 32.0 Å². The van der Waals surface area contributed by atoms with Crippen LogP contribution in [0.15, 0.2) is 59.8 Å². The molecule has 33 heavy (non-hydrogen) atoms. The Kier molecular flexibility index (Phi) is 5.99. The summed E-state index contributed by atoms with van der Waals surface area (Å²) in [6, 6.07) is 12.8. The molecule has 0 radical (unpaired) electrons. The number of nitrogens with zero attached hydrogens (tertiary/aromatic N) is 5. The zero-order chi connectivity index (χ0) is 23.6. The van der Waals surface area contributed by atoms with Gasteiger partial charge in [-0.3, -0.25) is 4.79 Å². The monoisotopic (exact) mass is 459 g/mol. The first-order valence-electron chi connectivity index (χ1n) is 10.4. The Labute approximate surface area is 195 Å². The van der Waals surface area contributed by atoms with E-state index in [0.29, 0.717) is 34.8 Å². The summed E-state index contributed by atoms with van der Waals surface area (Å²) >= 11 is 6.09.